The number of rotatable bonds is 0. The number of aliphatic hydroxyl groups excluding tert-OH is 2. The lowest BCUT2D eigenvalue weighted by atomic mass is 9.51. The maximum atomic E-state index is 13.4. The number of hydrogen-bond donors (Lipinski definition) is 3. The lowest BCUT2D eigenvalue weighted by molar-refractivity contribution is -0.239. The van der Waals surface area contributed by atoms with Gasteiger partial charge in [0.05, 0.1) is 22.9 Å². The van der Waals surface area contributed by atoms with E-state index in [0.29, 0.717) is 0 Å². The molecule has 30 heavy (non-hydrogen) atoms. The van der Waals surface area contributed by atoms with Gasteiger partial charge in [-0.25, -0.2) is 9.59 Å². The minimum absolute atomic E-state index is 0.107. The molecule has 0 radical (unpaired) electrons. The summed E-state index contributed by atoms with van der Waals surface area (Å²) in [6.07, 6.45) is -6.73. The Labute approximate surface area is 171 Å². The van der Waals surface area contributed by atoms with E-state index in [-0.39, 0.29) is 6.42 Å². The molecule has 2 saturated carbocycles. The molecule has 4 heterocycles. The van der Waals surface area contributed by atoms with Crippen molar-refractivity contribution in [1.29, 1.82) is 0 Å². The number of hydrogen-bond acceptors (Lipinski definition) is 10. The van der Waals surface area contributed by atoms with Crippen LogP contribution < -0.4 is 0 Å². The molecule has 0 amide bonds. The maximum Gasteiger partial charge on any atom is 0.342 e. The first kappa shape index (κ1) is 19.0. The Kier molecular flexibility index (Phi) is 2.97. The summed E-state index contributed by atoms with van der Waals surface area (Å²) in [7, 11) is 0. The second kappa shape index (κ2) is 4.69. The van der Waals surface area contributed by atoms with Crippen molar-refractivity contribution in [2.24, 2.45) is 28.1 Å². The van der Waals surface area contributed by atoms with E-state index in [4.69, 9.17) is 18.9 Å². The third-order valence-electron chi connectivity index (χ3n) is 8.91. The minimum Gasteiger partial charge on any atom is -0.459 e. The molecule has 6 rings (SSSR count). The average molecular weight is 424 g/mol. The van der Waals surface area contributed by atoms with Crippen LogP contribution in [0.5, 0.6) is 0 Å². The molecule has 3 unspecified atom stereocenters. The van der Waals surface area contributed by atoms with E-state index in [1.165, 1.54) is 6.92 Å². The van der Waals surface area contributed by atoms with Gasteiger partial charge in [0, 0.05) is 12.3 Å². The van der Waals surface area contributed by atoms with Gasteiger partial charge in [-0.2, -0.15) is 0 Å². The standard InChI is InChI=1S/C20H24O10/c1-6-12(23)27-7-5-17-11-8(21)9(16(2,3)4)18(17)10(22)13(24)29-15(18)30-20(17,14(25)28-11)19(6,7)26/h6-11,15,21-22,26H,5H2,1-4H3/t6-,7+,8-,9+,10?,11-,15+,17?,18?,19-,20-/m1/s1. The van der Waals surface area contributed by atoms with E-state index < -0.39 is 87.9 Å². The quantitative estimate of drug-likeness (QED) is 0.314. The average Bonchev–Trinajstić information content (AvgIpc) is 3.32. The van der Waals surface area contributed by atoms with Crippen LogP contribution in [-0.4, -0.2) is 75.1 Å². The van der Waals surface area contributed by atoms with Gasteiger partial charge in [0.1, 0.15) is 12.2 Å². The van der Waals surface area contributed by atoms with Gasteiger partial charge in [-0.1, -0.05) is 20.8 Å². The summed E-state index contributed by atoms with van der Waals surface area (Å²) in [5.74, 6) is -4.43. The molecule has 4 aliphatic heterocycles. The molecule has 2 spiro atoms. The number of fused-ring (bicyclic) bond motifs is 1. The summed E-state index contributed by atoms with van der Waals surface area (Å²) >= 11 is 0. The van der Waals surface area contributed by atoms with Crippen molar-refractivity contribution in [3.05, 3.63) is 0 Å². The van der Waals surface area contributed by atoms with Gasteiger partial charge in [-0.3, -0.25) is 4.79 Å². The Morgan fingerprint density at radius 1 is 1.03 bits per heavy atom. The lowest BCUT2D eigenvalue weighted by Gasteiger charge is -2.46. The molecule has 0 bridgehead atoms. The van der Waals surface area contributed by atoms with Gasteiger partial charge >= 0.3 is 17.9 Å². The Bertz CT molecular complexity index is 925. The van der Waals surface area contributed by atoms with Crippen molar-refractivity contribution in [3.63, 3.8) is 0 Å². The maximum absolute atomic E-state index is 13.4. The Morgan fingerprint density at radius 3 is 2.33 bits per heavy atom. The van der Waals surface area contributed by atoms with Crippen LogP contribution in [0.2, 0.25) is 0 Å². The Hall–Kier alpha value is -1.75. The van der Waals surface area contributed by atoms with Crippen LogP contribution in [0.3, 0.4) is 0 Å². The van der Waals surface area contributed by atoms with E-state index in [9.17, 15) is 29.7 Å². The first-order valence-electron chi connectivity index (χ1n) is 10.2. The van der Waals surface area contributed by atoms with Crippen molar-refractivity contribution in [1.82, 2.24) is 0 Å². The Balaban J connectivity index is 1.71. The first-order chi connectivity index (χ1) is 13.8. The highest BCUT2D eigenvalue weighted by Gasteiger charge is 3.02. The van der Waals surface area contributed by atoms with Crippen LogP contribution in [0.1, 0.15) is 34.1 Å². The number of ether oxygens (including phenoxy) is 4. The summed E-state index contributed by atoms with van der Waals surface area (Å²) in [4.78, 5) is 38.2. The van der Waals surface area contributed by atoms with Crippen molar-refractivity contribution < 1.29 is 48.7 Å². The molecule has 4 saturated heterocycles. The molecule has 11 atom stereocenters. The molecule has 3 N–H and O–H groups in total. The van der Waals surface area contributed by atoms with Crippen LogP contribution >= 0.6 is 0 Å². The summed E-state index contributed by atoms with van der Waals surface area (Å²) < 4.78 is 22.6. The monoisotopic (exact) mass is 424 g/mol. The number of esters is 3. The molecular weight excluding hydrogens is 400 g/mol. The molecule has 0 aromatic carbocycles. The van der Waals surface area contributed by atoms with E-state index in [1.54, 1.807) is 0 Å². The number of carbonyl (C=O) groups is 3. The normalized spacial score (nSPS) is 60.1. The highest BCUT2D eigenvalue weighted by molar-refractivity contribution is 5.93. The van der Waals surface area contributed by atoms with Crippen LogP contribution in [0.25, 0.3) is 0 Å². The predicted molar refractivity (Wildman–Crippen MR) is 92.0 cm³/mol. The van der Waals surface area contributed by atoms with Gasteiger partial charge < -0.3 is 34.3 Å². The summed E-state index contributed by atoms with van der Waals surface area (Å²) in [6, 6.07) is 0. The molecular formula is C20H24O10. The minimum atomic E-state index is -2.12. The molecule has 6 fully saturated rings. The number of carbonyl (C=O) groups excluding carboxylic acids is 3. The molecule has 10 nitrogen and oxygen atoms in total. The van der Waals surface area contributed by atoms with Gasteiger partial charge in [-0.05, 0) is 12.3 Å². The third-order valence-corrected chi connectivity index (χ3v) is 8.91. The van der Waals surface area contributed by atoms with Crippen LogP contribution in [0.4, 0.5) is 0 Å². The molecule has 164 valence electrons. The fraction of sp³-hybridized carbons (Fsp3) is 0.850. The smallest absolute Gasteiger partial charge is 0.342 e. The summed E-state index contributed by atoms with van der Waals surface area (Å²) in [6.45, 7) is 6.97. The van der Waals surface area contributed by atoms with E-state index in [0.717, 1.165) is 0 Å². The van der Waals surface area contributed by atoms with Crippen LogP contribution in [-0.2, 0) is 33.3 Å². The molecule has 2 aliphatic carbocycles. The van der Waals surface area contributed by atoms with Crippen LogP contribution in [0, 0.1) is 28.1 Å². The zero-order chi connectivity index (χ0) is 21.8. The largest absolute Gasteiger partial charge is 0.459 e. The number of aliphatic hydroxyl groups is 3. The topological polar surface area (TPSA) is 149 Å². The second-order valence-corrected chi connectivity index (χ2v) is 10.7. The van der Waals surface area contributed by atoms with Gasteiger partial charge in [0.25, 0.3) is 0 Å². The fourth-order valence-electron chi connectivity index (χ4n) is 8.22. The van der Waals surface area contributed by atoms with Gasteiger partial charge in [0.2, 0.25) is 11.9 Å². The van der Waals surface area contributed by atoms with Crippen molar-refractivity contribution >= 4 is 17.9 Å². The van der Waals surface area contributed by atoms with Crippen molar-refractivity contribution in [3.8, 4) is 0 Å². The molecule has 6 aliphatic rings. The van der Waals surface area contributed by atoms with Gasteiger partial charge in [-0.15, -0.1) is 0 Å². The first-order valence-corrected chi connectivity index (χ1v) is 10.2. The molecule has 0 aromatic rings. The third kappa shape index (κ3) is 1.35. The second-order valence-electron chi connectivity index (χ2n) is 10.7. The summed E-state index contributed by atoms with van der Waals surface area (Å²) in [5, 5.41) is 34.4. The van der Waals surface area contributed by atoms with Crippen molar-refractivity contribution in [2.75, 3.05) is 0 Å². The van der Waals surface area contributed by atoms with Gasteiger partial charge in [0.15, 0.2) is 11.7 Å². The highest BCUT2D eigenvalue weighted by Crippen LogP contribution is 2.84. The predicted octanol–water partition coefficient (Wildman–Crippen LogP) is -1.37. The van der Waals surface area contributed by atoms with E-state index >= 15 is 0 Å². The Morgan fingerprint density at radius 2 is 1.70 bits per heavy atom. The zero-order valence-corrected chi connectivity index (χ0v) is 16.9. The van der Waals surface area contributed by atoms with Crippen LogP contribution in [0.15, 0.2) is 0 Å². The molecule has 10 heteroatoms. The van der Waals surface area contributed by atoms with Crippen molar-refractivity contribution in [2.45, 2.75) is 76.0 Å². The molecule has 0 aromatic heterocycles. The lowest BCUT2D eigenvalue weighted by Crippen LogP contribution is -2.66. The highest BCUT2D eigenvalue weighted by atomic mass is 16.8. The van der Waals surface area contributed by atoms with E-state index in [1.807, 2.05) is 20.8 Å². The van der Waals surface area contributed by atoms with E-state index in [2.05, 4.69) is 0 Å². The SMILES string of the molecule is C[C@@H]1C(=O)O[C@H]2CC34[C@@H]5OC(=O)[C@]3(O[C@@H]3OC(=O)C(O)C34[C@H](C(C)(C)C)[C@H]5O)[C@]21O. The summed E-state index contributed by atoms with van der Waals surface area (Å²) in [5.41, 5.74) is -7.95. The zero-order valence-electron chi connectivity index (χ0n) is 16.9. The fourth-order valence-corrected chi connectivity index (χ4v) is 8.22.